The predicted octanol–water partition coefficient (Wildman–Crippen LogP) is 2.37. The highest BCUT2D eigenvalue weighted by Crippen LogP contribution is 2.29. The summed E-state index contributed by atoms with van der Waals surface area (Å²) in [7, 11) is 0. The van der Waals surface area contributed by atoms with Gasteiger partial charge in [0.05, 0.1) is 9.26 Å². The van der Waals surface area contributed by atoms with Gasteiger partial charge in [0, 0.05) is 9.26 Å². The van der Waals surface area contributed by atoms with Crippen molar-refractivity contribution < 1.29 is 0 Å². The average Bonchev–Trinajstić information content (AvgIpc) is 1.97. The summed E-state index contributed by atoms with van der Waals surface area (Å²) in [6.45, 7) is 2.00. The highest BCUT2D eigenvalue weighted by molar-refractivity contribution is 14.1. The van der Waals surface area contributed by atoms with Gasteiger partial charge in [0.25, 0.3) is 0 Å². The minimum Gasteiger partial charge on any atom is -0.398 e. The molecule has 0 aliphatic carbocycles. The van der Waals surface area contributed by atoms with E-state index in [4.69, 9.17) is 11.5 Å². The molecule has 0 atom stereocenters. The molecule has 0 bridgehead atoms. The van der Waals surface area contributed by atoms with Crippen molar-refractivity contribution in [3.63, 3.8) is 0 Å². The van der Waals surface area contributed by atoms with Gasteiger partial charge in [-0.05, 0) is 63.7 Å². The minimum atomic E-state index is 0.765. The Labute approximate surface area is 93.0 Å². The van der Waals surface area contributed by atoms with Crippen molar-refractivity contribution >= 4 is 56.6 Å². The second-order valence-electron chi connectivity index (χ2n) is 2.32. The van der Waals surface area contributed by atoms with E-state index in [1.165, 1.54) is 0 Å². The van der Waals surface area contributed by atoms with Gasteiger partial charge in [-0.1, -0.05) is 0 Å². The maximum Gasteiger partial charge on any atom is 0.0609 e. The van der Waals surface area contributed by atoms with Crippen molar-refractivity contribution in [3.05, 3.63) is 18.8 Å². The van der Waals surface area contributed by atoms with Crippen molar-refractivity contribution in [2.45, 2.75) is 6.92 Å². The molecular weight excluding hydrogens is 366 g/mol. The largest absolute Gasteiger partial charge is 0.398 e. The van der Waals surface area contributed by atoms with E-state index >= 15 is 0 Å². The molecule has 1 aromatic carbocycles. The Kier molecular flexibility index (Phi) is 2.84. The number of benzene rings is 1. The van der Waals surface area contributed by atoms with Crippen molar-refractivity contribution in [1.82, 2.24) is 0 Å². The molecule has 0 heterocycles. The first kappa shape index (κ1) is 9.37. The van der Waals surface area contributed by atoms with Crippen molar-refractivity contribution in [3.8, 4) is 0 Å². The Morgan fingerprint density at radius 3 is 2.27 bits per heavy atom. The number of rotatable bonds is 0. The summed E-state index contributed by atoms with van der Waals surface area (Å²) in [4.78, 5) is 0. The third-order valence-electron chi connectivity index (χ3n) is 1.44. The molecule has 1 rings (SSSR count). The van der Waals surface area contributed by atoms with Crippen LogP contribution in [-0.4, -0.2) is 0 Å². The molecule has 4 heteroatoms. The number of aryl methyl sites for hydroxylation is 1. The molecule has 11 heavy (non-hydrogen) atoms. The second-order valence-corrected chi connectivity index (χ2v) is 4.48. The van der Waals surface area contributed by atoms with Crippen LogP contribution in [-0.2, 0) is 0 Å². The van der Waals surface area contributed by atoms with E-state index in [2.05, 4.69) is 45.2 Å². The van der Waals surface area contributed by atoms with E-state index < -0.39 is 0 Å². The zero-order valence-corrected chi connectivity index (χ0v) is 10.3. The number of hydrogen-bond acceptors (Lipinski definition) is 2. The zero-order chi connectivity index (χ0) is 8.59. The van der Waals surface area contributed by atoms with Gasteiger partial charge >= 0.3 is 0 Å². The van der Waals surface area contributed by atoms with Gasteiger partial charge in [0.1, 0.15) is 0 Å². The predicted molar refractivity (Wildman–Crippen MR) is 65.4 cm³/mol. The summed E-state index contributed by atoms with van der Waals surface area (Å²) in [5.41, 5.74) is 14.2. The lowest BCUT2D eigenvalue weighted by atomic mass is 10.2. The standard InChI is InChI=1S/C7H8I2N2/c1-3-2-4(10)6(9)7(11)5(3)8/h2H,10-11H2,1H3. The van der Waals surface area contributed by atoms with Crippen LogP contribution in [0, 0.1) is 14.1 Å². The molecular formula is C7H8I2N2. The van der Waals surface area contributed by atoms with Gasteiger partial charge in [-0.3, -0.25) is 0 Å². The lowest BCUT2D eigenvalue weighted by Crippen LogP contribution is -2.00. The lowest BCUT2D eigenvalue weighted by Gasteiger charge is -2.07. The molecule has 0 unspecified atom stereocenters. The van der Waals surface area contributed by atoms with Crippen molar-refractivity contribution in [2.75, 3.05) is 11.5 Å². The topological polar surface area (TPSA) is 52.0 Å². The van der Waals surface area contributed by atoms with E-state index in [0.29, 0.717) is 0 Å². The summed E-state index contributed by atoms with van der Waals surface area (Å²) in [6.07, 6.45) is 0. The highest BCUT2D eigenvalue weighted by atomic mass is 127. The Morgan fingerprint density at radius 1 is 1.18 bits per heavy atom. The van der Waals surface area contributed by atoms with Gasteiger partial charge in [-0.25, -0.2) is 0 Å². The van der Waals surface area contributed by atoms with Gasteiger partial charge in [-0.15, -0.1) is 0 Å². The monoisotopic (exact) mass is 374 g/mol. The average molecular weight is 374 g/mol. The quantitative estimate of drug-likeness (QED) is 0.542. The Hall–Kier alpha value is 0.280. The van der Waals surface area contributed by atoms with Crippen LogP contribution < -0.4 is 11.5 Å². The zero-order valence-electron chi connectivity index (χ0n) is 5.99. The minimum absolute atomic E-state index is 0.765. The second kappa shape index (κ2) is 3.34. The molecule has 0 spiro atoms. The summed E-state index contributed by atoms with van der Waals surface area (Å²) < 4.78 is 2.05. The fraction of sp³-hybridized carbons (Fsp3) is 0.143. The fourth-order valence-corrected chi connectivity index (χ4v) is 2.19. The summed E-state index contributed by atoms with van der Waals surface area (Å²) in [5, 5.41) is 0. The van der Waals surface area contributed by atoms with Crippen LogP contribution in [0.25, 0.3) is 0 Å². The SMILES string of the molecule is Cc1cc(N)c(I)c(N)c1I. The molecule has 0 fully saturated rings. The normalized spacial score (nSPS) is 10.1. The first-order valence-electron chi connectivity index (χ1n) is 3.03. The van der Waals surface area contributed by atoms with Crippen LogP contribution >= 0.6 is 45.2 Å². The summed E-state index contributed by atoms with van der Waals surface area (Å²) in [5.74, 6) is 0. The third-order valence-corrected chi connectivity index (χ3v) is 4.08. The van der Waals surface area contributed by atoms with Gasteiger partial charge < -0.3 is 11.5 Å². The van der Waals surface area contributed by atoms with Crippen LogP contribution in [0.1, 0.15) is 5.56 Å². The van der Waals surface area contributed by atoms with Crippen LogP contribution in [0.15, 0.2) is 6.07 Å². The molecule has 4 N–H and O–H groups in total. The number of anilines is 2. The Morgan fingerprint density at radius 2 is 1.73 bits per heavy atom. The van der Waals surface area contributed by atoms with Crippen molar-refractivity contribution in [2.24, 2.45) is 0 Å². The molecule has 0 aliphatic rings. The molecule has 0 saturated heterocycles. The molecule has 2 nitrogen and oxygen atoms in total. The number of nitrogen functional groups attached to an aromatic ring is 2. The first-order chi connectivity index (χ1) is 5.04. The number of nitrogens with two attached hydrogens (primary N) is 2. The molecule has 0 aliphatic heterocycles. The third kappa shape index (κ3) is 1.71. The fourth-order valence-electron chi connectivity index (χ4n) is 0.824. The lowest BCUT2D eigenvalue weighted by molar-refractivity contribution is 1.41. The van der Waals surface area contributed by atoms with Gasteiger partial charge in [0.2, 0.25) is 0 Å². The highest BCUT2D eigenvalue weighted by Gasteiger charge is 2.06. The van der Waals surface area contributed by atoms with E-state index in [1.807, 2.05) is 13.0 Å². The van der Waals surface area contributed by atoms with E-state index in [0.717, 1.165) is 24.1 Å². The maximum atomic E-state index is 5.79. The molecule has 1 aromatic rings. The smallest absolute Gasteiger partial charge is 0.0609 e. The molecule has 60 valence electrons. The summed E-state index contributed by atoms with van der Waals surface area (Å²) in [6, 6.07) is 1.94. The maximum absolute atomic E-state index is 5.79. The van der Waals surface area contributed by atoms with E-state index in [-0.39, 0.29) is 0 Å². The molecule has 0 radical (unpaired) electrons. The van der Waals surface area contributed by atoms with Crippen LogP contribution in [0.2, 0.25) is 0 Å². The van der Waals surface area contributed by atoms with Crippen LogP contribution in [0.3, 0.4) is 0 Å². The Bertz CT molecular complexity index is 271. The molecule has 0 saturated carbocycles. The van der Waals surface area contributed by atoms with Crippen LogP contribution in [0.5, 0.6) is 0 Å². The summed E-state index contributed by atoms with van der Waals surface area (Å²) >= 11 is 4.38. The van der Waals surface area contributed by atoms with Crippen molar-refractivity contribution in [1.29, 1.82) is 0 Å². The number of halogens is 2. The molecule has 0 amide bonds. The van der Waals surface area contributed by atoms with Gasteiger partial charge in [-0.2, -0.15) is 0 Å². The Balaban J connectivity index is 3.46. The van der Waals surface area contributed by atoms with E-state index in [9.17, 15) is 0 Å². The van der Waals surface area contributed by atoms with Gasteiger partial charge in [0.15, 0.2) is 0 Å². The molecule has 0 aromatic heterocycles. The number of hydrogen-bond donors (Lipinski definition) is 2. The van der Waals surface area contributed by atoms with E-state index in [1.54, 1.807) is 0 Å². The first-order valence-corrected chi connectivity index (χ1v) is 5.19. The van der Waals surface area contributed by atoms with Crippen LogP contribution in [0.4, 0.5) is 11.4 Å².